The molecule has 6 heteroatoms. The van der Waals surface area contributed by atoms with Gasteiger partial charge in [-0.3, -0.25) is 9.59 Å². The summed E-state index contributed by atoms with van der Waals surface area (Å²) in [6.07, 6.45) is 5.97. The highest BCUT2D eigenvalue weighted by Crippen LogP contribution is 2.32. The second-order valence-corrected chi connectivity index (χ2v) is 7.91. The molecule has 0 saturated heterocycles. The van der Waals surface area contributed by atoms with E-state index < -0.39 is 0 Å². The van der Waals surface area contributed by atoms with Crippen molar-refractivity contribution in [3.05, 3.63) is 58.9 Å². The third-order valence-electron chi connectivity index (χ3n) is 5.35. The predicted octanol–water partition coefficient (Wildman–Crippen LogP) is 3.47. The summed E-state index contributed by atoms with van der Waals surface area (Å²) in [6, 6.07) is 11.5. The fourth-order valence-corrected chi connectivity index (χ4v) is 3.64. The van der Waals surface area contributed by atoms with Crippen molar-refractivity contribution in [3.63, 3.8) is 0 Å². The Morgan fingerprint density at radius 1 is 1.04 bits per heavy atom. The fraction of sp³-hybridized carbons (Fsp3) is 0.429. The van der Waals surface area contributed by atoms with Gasteiger partial charge < -0.3 is 14.4 Å². The number of carbonyl (C=O) groups excluding carboxylic acids is 2. The first-order valence-electron chi connectivity index (χ1n) is 9.50. The average Bonchev–Trinajstić information content (AvgIpc) is 3.57. The van der Waals surface area contributed by atoms with Crippen LogP contribution >= 0.6 is 11.6 Å². The molecule has 0 unspecified atom stereocenters. The molecule has 4 rings (SSSR count). The third-order valence-corrected chi connectivity index (χ3v) is 5.68. The Labute approximate surface area is 164 Å². The molecule has 2 fully saturated rings. The van der Waals surface area contributed by atoms with Crippen LogP contribution in [0.1, 0.15) is 41.7 Å². The summed E-state index contributed by atoms with van der Waals surface area (Å²) in [5, 5.41) is 0.434. The molecule has 2 aliphatic rings. The van der Waals surface area contributed by atoms with Crippen LogP contribution in [-0.2, 0) is 18.4 Å². The van der Waals surface area contributed by atoms with Crippen LogP contribution in [0.5, 0.6) is 0 Å². The second-order valence-electron chi connectivity index (χ2n) is 7.51. The van der Waals surface area contributed by atoms with Gasteiger partial charge in [-0.2, -0.15) is 0 Å². The monoisotopic (exact) mass is 385 g/mol. The molecule has 27 heavy (non-hydrogen) atoms. The van der Waals surface area contributed by atoms with Crippen LogP contribution in [0.15, 0.2) is 42.6 Å². The van der Waals surface area contributed by atoms with Crippen molar-refractivity contribution in [2.45, 2.75) is 44.3 Å². The van der Waals surface area contributed by atoms with Crippen molar-refractivity contribution in [1.29, 1.82) is 0 Å². The molecule has 0 aliphatic heterocycles. The molecular weight excluding hydrogens is 362 g/mol. The molecule has 0 N–H and O–H groups in total. The van der Waals surface area contributed by atoms with E-state index in [1.807, 2.05) is 34.8 Å². The Balaban J connectivity index is 1.50. The van der Waals surface area contributed by atoms with Gasteiger partial charge in [0, 0.05) is 31.0 Å². The van der Waals surface area contributed by atoms with Crippen LogP contribution in [-0.4, -0.2) is 44.8 Å². The molecular formula is C21H24ClN3O2. The van der Waals surface area contributed by atoms with Gasteiger partial charge in [0.1, 0.15) is 6.54 Å². The number of benzene rings is 1. The molecule has 0 atom stereocenters. The number of hydrogen-bond acceptors (Lipinski definition) is 2. The number of hydrogen-bond donors (Lipinski definition) is 0. The zero-order chi connectivity index (χ0) is 19.0. The van der Waals surface area contributed by atoms with Crippen molar-refractivity contribution in [2.24, 2.45) is 7.05 Å². The molecule has 2 aliphatic carbocycles. The smallest absolute Gasteiger partial charge is 0.256 e. The van der Waals surface area contributed by atoms with Gasteiger partial charge >= 0.3 is 0 Å². The lowest BCUT2D eigenvalue weighted by Gasteiger charge is -2.28. The van der Waals surface area contributed by atoms with Crippen LogP contribution < -0.4 is 0 Å². The molecule has 2 aromatic rings. The number of carbonyl (C=O) groups is 2. The van der Waals surface area contributed by atoms with Crippen LogP contribution in [0.25, 0.3) is 0 Å². The van der Waals surface area contributed by atoms with E-state index in [9.17, 15) is 9.59 Å². The Kier molecular flexibility index (Phi) is 4.96. The van der Waals surface area contributed by atoms with Crippen LogP contribution in [0.4, 0.5) is 0 Å². The van der Waals surface area contributed by atoms with E-state index in [4.69, 9.17) is 11.6 Å². The summed E-state index contributed by atoms with van der Waals surface area (Å²) in [6.45, 7) is 0.710. The maximum atomic E-state index is 13.1. The quantitative estimate of drug-likeness (QED) is 0.732. The average molecular weight is 386 g/mol. The van der Waals surface area contributed by atoms with Crippen LogP contribution in [0.3, 0.4) is 0 Å². The van der Waals surface area contributed by atoms with E-state index in [0.717, 1.165) is 31.4 Å². The summed E-state index contributed by atoms with van der Waals surface area (Å²) < 4.78 is 2.04. The maximum absolute atomic E-state index is 13.1. The largest absolute Gasteiger partial charge is 0.353 e. The molecule has 2 amide bonds. The van der Waals surface area contributed by atoms with Crippen molar-refractivity contribution in [2.75, 3.05) is 6.54 Å². The van der Waals surface area contributed by atoms with Gasteiger partial charge in [-0.25, -0.2) is 0 Å². The zero-order valence-corrected chi connectivity index (χ0v) is 16.2. The Bertz CT molecular complexity index is 855. The predicted molar refractivity (Wildman–Crippen MR) is 104 cm³/mol. The number of aryl methyl sites for hydroxylation is 1. The van der Waals surface area contributed by atoms with Crippen LogP contribution in [0.2, 0.25) is 5.02 Å². The van der Waals surface area contributed by atoms with Crippen LogP contribution in [0, 0.1) is 0 Å². The van der Waals surface area contributed by atoms with Gasteiger partial charge in [0.25, 0.3) is 5.91 Å². The van der Waals surface area contributed by atoms with Gasteiger partial charge in [-0.1, -0.05) is 23.7 Å². The van der Waals surface area contributed by atoms with Gasteiger partial charge in [0.15, 0.2) is 0 Å². The summed E-state index contributed by atoms with van der Waals surface area (Å²) in [7, 11) is 1.99. The van der Waals surface area contributed by atoms with E-state index >= 15 is 0 Å². The van der Waals surface area contributed by atoms with Crippen molar-refractivity contribution in [3.8, 4) is 0 Å². The Hall–Kier alpha value is -2.27. The van der Waals surface area contributed by atoms with Gasteiger partial charge in [0.2, 0.25) is 5.91 Å². The Morgan fingerprint density at radius 3 is 2.30 bits per heavy atom. The van der Waals surface area contributed by atoms with Crippen molar-refractivity contribution < 1.29 is 9.59 Å². The highest BCUT2D eigenvalue weighted by Gasteiger charge is 2.38. The number of halogens is 1. The summed E-state index contributed by atoms with van der Waals surface area (Å²) in [4.78, 5) is 29.8. The topological polar surface area (TPSA) is 45.6 Å². The van der Waals surface area contributed by atoms with E-state index in [1.165, 1.54) is 0 Å². The second kappa shape index (κ2) is 7.39. The number of rotatable bonds is 7. The van der Waals surface area contributed by atoms with Gasteiger partial charge in [-0.15, -0.1) is 0 Å². The highest BCUT2D eigenvalue weighted by molar-refractivity contribution is 6.33. The molecule has 5 nitrogen and oxygen atoms in total. The molecule has 1 heterocycles. The summed E-state index contributed by atoms with van der Waals surface area (Å²) in [5.74, 6) is -0.128. The number of aromatic nitrogens is 1. The standard InChI is InChI=1S/C21H24ClN3O2/c1-23-12-4-5-17(23)13-24(15-8-9-15)20(26)14-25(16-10-11-16)21(27)18-6-2-3-7-19(18)22/h2-7,12,15-16H,8-11,13-14H2,1H3. The Morgan fingerprint density at radius 2 is 1.70 bits per heavy atom. The van der Waals surface area contributed by atoms with Gasteiger partial charge in [-0.05, 0) is 49.9 Å². The zero-order valence-electron chi connectivity index (χ0n) is 15.5. The normalized spacial score (nSPS) is 16.2. The minimum Gasteiger partial charge on any atom is -0.353 e. The molecule has 0 spiro atoms. The van der Waals surface area contributed by atoms with E-state index in [1.54, 1.807) is 29.2 Å². The van der Waals surface area contributed by atoms with E-state index in [0.29, 0.717) is 23.2 Å². The SMILES string of the molecule is Cn1cccc1CN(C(=O)CN(C(=O)c1ccccc1Cl)C1CC1)C1CC1. The molecule has 142 valence electrons. The molecule has 0 bridgehead atoms. The first kappa shape index (κ1) is 18.1. The highest BCUT2D eigenvalue weighted by atomic mass is 35.5. The minimum absolute atomic E-state index is 0.0194. The van der Waals surface area contributed by atoms with Crippen molar-refractivity contribution >= 4 is 23.4 Å². The first-order valence-corrected chi connectivity index (χ1v) is 9.87. The summed E-state index contributed by atoms with van der Waals surface area (Å²) >= 11 is 6.21. The maximum Gasteiger partial charge on any atom is 0.256 e. The molecule has 1 aromatic heterocycles. The lowest BCUT2D eigenvalue weighted by Crippen LogP contribution is -2.44. The lowest BCUT2D eigenvalue weighted by molar-refractivity contribution is -0.133. The number of nitrogens with zero attached hydrogens (tertiary/aromatic N) is 3. The fourth-order valence-electron chi connectivity index (χ4n) is 3.42. The molecule has 1 aromatic carbocycles. The lowest BCUT2D eigenvalue weighted by atomic mass is 10.2. The first-order chi connectivity index (χ1) is 13.0. The molecule has 2 saturated carbocycles. The number of amides is 2. The van der Waals surface area contributed by atoms with Crippen molar-refractivity contribution in [1.82, 2.24) is 14.4 Å². The van der Waals surface area contributed by atoms with E-state index in [-0.39, 0.29) is 24.4 Å². The third kappa shape index (κ3) is 4.03. The molecule has 0 radical (unpaired) electrons. The van der Waals surface area contributed by atoms with E-state index in [2.05, 4.69) is 0 Å². The van der Waals surface area contributed by atoms with Gasteiger partial charge in [0.05, 0.1) is 17.1 Å². The minimum atomic E-state index is -0.147. The summed E-state index contributed by atoms with van der Waals surface area (Å²) in [5.41, 5.74) is 1.57.